The number of hydrogen-bond acceptors (Lipinski definition) is 4. The van der Waals surface area contributed by atoms with Crippen molar-refractivity contribution in [2.75, 3.05) is 27.2 Å². The number of ether oxygens (including phenoxy) is 1. The zero-order valence-electron chi connectivity index (χ0n) is 16.8. The molecule has 0 aliphatic carbocycles. The number of nitrogens with zero attached hydrogens (tertiary/aromatic N) is 2. The first-order valence-corrected chi connectivity index (χ1v) is 9.78. The quantitative estimate of drug-likeness (QED) is 0.746. The first-order chi connectivity index (χ1) is 13.8. The van der Waals surface area contributed by atoms with Gasteiger partial charge in [0.15, 0.2) is 5.72 Å². The molecular formula is C22H28F3N3O. The average Bonchev–Trinajstić information content (AvgIpc) is 2.71. The second-order valence-corrected chi connectivity index (χ2v) is 7.64. The maximum Gasteiger partial charge on any atom is 0.411 e. The largest absolute Gasteiger partial charge is 0.411 e. The summed E-state index contributed by atoms with van der Waals surface area (Å²) in [6, 6.07) is 19.2. The molecule has 1 N–H and O–H groups in total. The fourth-order valence-electron chi connectivity index (χ4n) is 3.78. The zero-order valence-corrected chi connectivity index (χ0v) is 16.8. The Morgan fingerprint density at radius 3 is 2.28 bits per heavy atom. The summed E-state index contributed by atoms with van der Waals surface area (Å²) in [4.78, 5) is 2.11. The summed E-state index contributed by atoms with van der Waals surface area (Å²) in [5.74, 6) is 0. The van der Waals surface area contributed by atoms with Crippen molar-refractivity contribution in [1.82, 2.24) is 15.3 Å². The van der Waals surface area contributed by atoms with Crippen molar-refractivity contribution in [1.29, 1.82) is 0 Å². The lowest BCUT2D eigenvalue weighted by Crippen LogP contribution is -2.62. The lowest BCUT2D eigenvalue weighted by molar-refractivity contribution is -0.269. The Bertz CT molecular complexity index is 755. The van der Waals surface area contributed by atoms with E-state index in [2.05, 4.69) is 10.3 Å². The lowest BCUT2D eigenvalue weighted by Gasteiger charge is -2.50. The van der Waals surface area contributed by atoms with Crippen LogP contribution < -0.4 is 5.43 Å². The van der Waals surface area contributed by atoms with Gasteiger partial charge in [-0.3, -0.25) is 0 Å². The fourth-order valence-corrected chi connectivity index (χ4v) is 3.78. The topological polar surface area (TPSA) is 27.7 Å². The Kier molecular flexibility index (Phi) is 6.95. The van der Waals surface area contributed by atoms with E-state index in [0.29, 0.717) is 19.5 Å². The highest BCUT2D eigenvalue weighted by atomic mass is 19.4. The van der Waals surface area contributed by atoms with Gasteiger partial charge >= 0.3 is 6.18 Å². The maximum atomic E-state index is 13.1. The summed E-state index contributed by atoms with van der Waals surface area (Å²) < 4.78 is 45.0. The number of benzene rings is 2. The van der Waals surface area contributed by atoms with E-state index >= 15 is 0 Å². The van der Waals surface area contributed by atoms with Gasteiger partial charge in [-0.25, -0.2) is 10.4 Å². The molecule has 1 saturated heterocycles. The van der Waals surface area contributed by atoms with Crippen LogP contribution in [0.1, 0.15) is 24.0 Å². The van der Waals surface area contributed by atoms with E-state index in [1.165, 1.54) is 0 Å². The van der Waals surface area contributed by atoms with Gasteiger partial charge in [-0.05, 0) is 38.1 Å². The summed E-state index contributed by atoms with van der Waals surface area (Å²) in [5.41, 5.74) is 3.96. The summed E-state index contributed by atoms with van der Waals surface area (Å²) in [5, 5.41) is 1.86. The molecule has 29 heavy (non-hydrogen) atoms. The van der Waals surface area contributed by atoms with E-state index in [1.807, 2.05) is 79.8 Å². The SMILES string of the molecule is CN(C)C1CCC(OCC(F)(F)F)(c2ccccc2)N(NCc2ccccc2)C1. The Hall–Kier alpha value is -1.93. The van der Waals surface area contributed by atoms with Crippen LogP contribution in [0, 0.1) is 0 Å². The van der Waals surface area contributed by atoms with E-state index in [1.54, 1.807) is 0 Å². The highest BCUT2D eigenvalue weighted by molar-refractivity contribution is 5.23. The molecule has 7 heteroatoms. The maximum absolute atomic E-state index is 13.1. The predicted octanol–water partition coefficient (Wildman–Crippen LogP) is 4.15. The molecule has 1 aliphatic rings. The third-order valence-electron chi connectivity index (χ3n) is 5.39. The lowest BCUT2D eigenvalue weighted by atomic mass is 9.89. The summed E-state index contributed by atoms with van der Waals surface area (Å²) in [6.07, 6.45) is -3.20. The standard InChI is InChI=1S/C22H28F3N3O/c1-27(2)20-13-14-21(29-17-22(23,24)25,19-11-7-4-8-12-19)28(16-20)26-15-18-9-5-3-6-10-18/h3-12,20,26H,13-17H2,1-2H3. The number of alkyl halides is 3. The van der Waals surface area contributed by atoms with Crippen molar-refractivity contribution in [3.8, 4) is 0 Å². The highest BCUT2D eigenvalue weighted by Gasteiger charge is 2.47. The smallest absolute Gasteiger partial charge is 0.345 e. The molecule has 2 atom stereocenters. The molecule has 1 heterocycles. The second-order valence-electron chi connectivity index (χ2n) is 7.64. The number of rotatable bonds is 7. The minimum Gasteiger partial charge on any atom is -0.345 e. The molecule has 0 bridgehead atoms. The van der Waals surface area contributed by atoms with Crippen molar-refractivity contribution in [2.24, 2.45) is 0 Å². The Labute approximate surface area is 170 Å². The number of likely N-dealkylation sites (N-methyl/N-ethyl adjacent to an activating group) is 1. The van der Waals surface area contributed by atoms with Crippen molar-refractivity contribution in [3.05, 3.63) is 71.8 Å². The van der Waals surface area contributed by atoms with Crippen LogP contribution in [0.3, 0.4) is 0 Å². The number of hydrazine groups is 1. The molecule has 0 aromatic heterocycles. The Morgan fingerprint density at radius 2 is 1.69 bits per heavy atom. The number of hydrogen-bond donors (Lipinski definition) is 1. The molecular weight excluding hydrogens is 379 g/mol. The van der Waals surface area contributed by atoms with Crippen molar-refractivity contribution < 1.29 is 17.9 Å². The summed E-state index contributed by atoms with van der Waals surface area (Å²) in [7, 11) is 3.98. The van der Waals surface area contributed by atoms with Gasteiger partial charge < -0.3 is 9.64 Å². The highest BCUT2D eigenvalue weighted by Crippen LogP contribution is 2.40. The normalized spacial score (nSPS) is 23.4. The molecule has 1 aliphatic heterocycles. The molecule has 158 valence electrons. The van der Waals surface area contributed by atoms with Gasteiger partial charge in [0.05, 0.1) is 0 Å². The molecule has 0 spiro atoms. The first-order valence-electron chi connectivity index (χ1n) is 9.78. The van der Waals surface area contributed by atoms with Crippen LogP contribution in [-0.4, -0.2) is 49.4 Å². The minimum absolute atomic E-state index is 0.213. The van der Waals surface area contributed by atoms with E-state index in [0.717, 1.165) is 17.5 Å². The van der Waals surface area contributed by atoms with Gasteiger partial charge in [-0.15, -0.1) is 0 Å². The molecule has 2 aromatic carbocycles. The van der Waals surface area contributed by atoms with Crippen molar-refractivity contribution in [2.45, 2.75) is 37.3 Å². The van der Waals surface area contributed by atoms with E-state index in [-0.39, 0.29) is 6.04 Å². The van der Waals surface area contributed by atoms with Crippen molar-refractivity contribution >= 4 is 0 Å². The van der Waals surface area contributed by atoms with E-state index in [9.17, 15) is 13.2 Å². The van der Waals surface area contributed by atoms with Gasteiger partial charge in [0.1, 0.15) is 6.61 Å². The average molecular weight is 407 g/mol. The molecule has 2 aromatic rings. The van der Waals surface area contributed by atoms with Gasteiger partial charge in [0.2, 0.25) is 0 Å². The number of nitrogens with one attached hydrogen (secondary N) is 1. The van der Waals surface area contributed by atoms with Crippen LogP contribution >= 0.6 is 0 Å². The van der Waals surface area contributed by atoms with Crippen LogP contribution in [0.2, 0.25) is 0 Å². The minimum atomic E-state index is -4.40. The van der Waals surface area contributed by atoms with Crippen LogP contribution in [-0.2, 0) is 17.0 Å². The van der Waals surface area contributed by atoms with Crippen molar-refractivity contribution in [3.63, 3.8) is 0 Å². The fraction of sp³-hybridized carbons (Fsp3) is 0.455. The number of halogens is 3. The Balaban J connectivity index is 1.92. The van der Waals surface area contributed by atoms with Gasteiger partial charge in [0, 0.05) is 19.1 Å². The summed E-state index contributed by atoms with van der Waals surface area (Å²) >= 11 is 0. The second kappa shape index (κ2) is 9.26. The Morgan fingerprint density at radius 1 is 1.07 bits per heavy atom. The first kappa shape index (κ1) is 21.8. The number of piperidine rings is 1. The molecule has 0 saturated carbocycles. The third-order valence-corrected chi connectivity index (χ3v) is 5.39. The zero-order chi connectivity index (χ0) is 20.9. The van der Waals surface area contributed by atoms with Crippen LogP contribution in [0.25, 0.3) is 0 Å². The monoisotopic (exact) mass is 407 g/mol. The molecule has 0 radical (unpaired) electrons. The van der Waals surface area contributed by atoms with E-state index in [4.69, 9.17) is 4.74 Å². The molecule has 0 amide bonds. The van der Waals surface area contributed by atoms with E-state index < -0.39 is 18.5 Å². The summed E-state index contributed by atoms with van der Waals surface area (Å²) in [6.45, 7) is -0.240. The molecule has 2 unspecified atom stereocenters. The predicted molar refractivity (Wildman–Crippen MR) is 107 cm³/mol. The third kappa shape index (κ3) is 5.57. The van der Waals surface area contributed by atoms with Gasteiger partial charge in [-0.1, -0.05) is 60.7 Å². The van der Waals surface area contributed by atoms with Gasteiger partial charge in [0.25, 0.3) is 0 Å². The molecule has 4 nitrogen and oxygen atoms in total. The van der Waals surface area contributed by atoms with Crippen LogP contribution in [0.15, 0.2) is 60.7 Å². The molecule has 1 fully saturated rings. The van der Waals surface area contributed by atoms with Gasteiger partial charge in [-0.2, -0.15) is 13.2 Å². The molecule has 3 rings (SSSR count). The van der Waals surface area contributed by atoms with Crippen LogP contribution in [0.4, 0.5) is 13.2 Å². The van der Waals surface area contributed by atoms with Crippen LogP contribution in [0.5, 0.6) is 0 Å².